The van der Waals surface area contributed by atoms with Crippen molar-refractivity contribution < 1.29 is 28.9 Å². The molecule has 3 aliphatic rings. The van der Waals surface area contributed by atoms with Gasteiger partial charge in [0.05, 0.1) is 20.1 Å². The summed E-state index contributed by atoms with van der Waals surface area (Å²) >= 11 is 0. The van der Waals surface area contributed by atoms with Gasteiger partial charge in [0.25, 0.3) is 0 Å². The number of halogens is 1. The average molecular weight is 239 g/mol. The summed E-state index contributed by atoms with van der Waals surface area (Å²) in [5, 5.41) is 0. The van der Waals surface area contributed by atoms with Crippen LogP contribution in [-0.2, 0) is 0 Å². The molecule has 2 aliphatic heterocycles. The molecule has 0 aromatic carbocycles. The van der Waals surface area contributed by atoms with Crippen molar-refractivity contribution in [2.45, 2.75) is 12.8 Å². The largest absolute Gasteiger partial charge is 1.00 e. The van der Waals surface area contributed by atoms with Gasteiger partial charge in [0.15, 0.2) is 0 Å². The van der Waals surface area contributed by atoms with Crippen molar-refractivity contribution in [2.24, 2.45) is 11.8 Å². The fourth-order valence-corrected chi connectivity index (χ4v) is 2.28. The molecule has 1 aliphatic carbocycles. The number of quaternary nitrogens is 1. The molecule has 2 saturated heterocycles. The maximum absolute atomic E-state index is 2.32. The van der Waals surface area contributed by atoms with Crippen LogP contribution >= 0.6 is 0 Å². The predicted molar refractivity (Wildman–Crippen MR) is 32.8 cm³/mol. The molecule has 2 heteroatoms. The van der Waals surface area contributed by atoms with Crippen LogP contribution in [0.15, 0.2) is 0 Å². The second-order valence-corrected chi connectivity index (χ2v) is 3.57. The van der Waals surface area contributed by atoms with Gasteiger partial charge in [0.1, 0.15) is 0 Å². The second kappa shape index (κ2) is 2.74. The summed E-state index contributed by atoms with van der Waals surface area (Å²) in [5.74, 6) is 2.24. The van der Waals surface area contributed by atoms with E-state index in [9.17, 15) is 0 Å². The number of hydrogen-bond donors (Lipinski definition) is 1. The predicted octanol–water partition coefficient (Wildman–Crippen LogP) is -3.46. The summed E-state index contributed by atoms with van der Waals surface area (Å²) in [6.45, 7) is 2.91. The number of piperidine rings is 2. The van der Waals surface area contributed by atoms with Gasteiger partial charge in [-0.15, -0.1) is 0 Å². The highest BCUT2D eigenvalue weighted by Crippen LogP contribution is 2.33. The quantitative estimate of drug-likeness (QED) is 0.419. The van der Waals surface area contributed by atoms with Crippen molar-refractivity contribution in [3.05, 3.63) is 0 Å². The Kier molecular flexibility index (Phi) is 2.37. The lowest BCUT2D eigenvalue weighted by Crippen LogP contribution is -3.13. The SMILES string of the molecule is C[NH+]1CC2CC(C2)C1.[I-]. The molecule has 1 saturated carbocycles. The first-order chi connectivity index (χ1) is 3.84. The van der Waals surface area contributed by atoms with Crippen LogP contribution in [0.5, 0.6) is 0 Å². The monoisotopic (exact) mass is 239 g/mol. The van der Waals surface area contributed by atoms with Gasteiger partial charge in [0, 0.05) is 11.8 Å². The van der Waals surface area contributed by atoms with Crippen molar-refractivity contribution in [1.29, 1.82) is 0 Å². The van der Waals surface area contributed by atoms with E-state index in [1.165, 1.54) is 13.1 Å². The van der Waals surface area contributed by atoms with Crippen LogP contribution in [-0.4, -0.2) is 20.1 Å². The van der Waals surface area contributed by atoms with Gasteiger partial charge in [0.2, 0.25) is 0 Å². The Labute approximate surface area is 73.8 Å². The second-order valence-electron chi connectivity index (χ2n) is 3.57. The third-order valence-corrected chi connectivity index (χ3v) is 2.61. The molecule has 3 rings (SSSR count). The van der Waals surface area contributed by atoms with Crippen LogP contribution in [0.3, 0.4) is 0 Å². The Morgan fingerprint density at radius 3 is 1.78 bits per heavy atom. The molecule has 1 nitrogen and oxygen atoms in total. The molecule has 0 atom stereocenters. The van der Waals surface area contributed by atoms with E-state index in [1.807, 2.05) is 0 Å². The van der Waals surface area contributed by atoms with Crippen molar-refractivity contribution in [1.82, 2.24) is 0 Å². The van der Waals surface area contributed by atoms with Gasteiger partial charge in [-0.3, -0.25) is 0 Å². The summed E-state index contributed by atoms with van der Waals surface area (Å²) in [7, 11) is 2.32. The molecule has 1 N–H and O–H groups in total. The highest BCUT2D eigenvalue weighted by Gasteiger charge is 2.38. The molecule has 0 aromatic heterocycles. The van der Waals surface area contributed by atoms with Gasteiger partial charge in [-0.1, -0.05) is 0 Å². The Balaban J connectivity index is 0.000000405. The molecule has 0 spiro atoms. The van der Waals surface area contributed by atoms with Crippen LogP contribution in [0.4, 0.5) is 0 Å². The highest BCUT2D eigenvalue weighted by molar-refractivity contribution is 4.81. The molecule has 0 aromatic rings. The zero-order valence-electron chi connectivity index (χ0n) is 5.86. The van der Waals surface area contributed by atoms with Gasteiger partial charge in [-0.25, -0.2) is 0 Å². The van der Waals surface area contributed by atoms with E-state index < -0.39 is 0 Å². The molecule has 9 heavy (non-hydrogen) atoms. The van der Waals surface area contributed by atoms with Crippen molar-refractivity contribution in [3.63, 3.8) is 0 Å². The maximum atomic E-state index is 2.32. The van der Waals surface area contributed by atoms with E-state index in [-0.39, 0.29) is 24.0 Å². The zero-order valence-corrected chi connectivity index (χ0v) is 8.02. The first kappa shape index (κ1) is 7.79. The minimum Gasteiger partial charge on any atom is -1.00 e. The van der Waals surface area contributed by atoms with Crippen molar-refractivity contribution >= 4 is 0 Å². The molecule has 0 unspecified atom stereocenters. The fourth-order valence-electron chi connectivity index (χ4n) is 2.28. The smallest absolute Gasteiger partial charge is 0.0797 e. The molecular weight excluding hydrogens is 225 g/mol. The van der Waals surface area contributed by atoms with E-state index in [4.69, 9.17) is 0 Å². The van der Waals surface area contributed by atoms with E-state index in [1.54, 1.807) is 17.7 Å². The summed E-state index contributed by atoms with van der Waals surface area (Å²) in [4.78, 5) is 1.76. The van der Waals surface area contributed by atoms with Crippen molar-refractivity contribution in [2.75, 3.05) is 20.1 Å². The van der Waals surface area contributed by atoms with Gasteiger partial charge >= 0.3 is 0 Å². The summed E-state index contributed by atoms with van der Waals surface area (Å²) in [6, 6.07) is 0. The van der Waals surface area contributed by atoms with E-state index in [2.05, 4.69) is 7.05 Å². The molecule has 3 fully saturated rings. The molecular formula is C7H14IN. The number of hydrogen-bond acceptors (Lipinski definition) is 0. The average Bonchev–Trinajstić information content (AvgIpc) is 1.62. The number of rotatable bonds is 0. The van der Waals surface area contributed by atoms with E-state index in [0.29, 0.717) is 0 Å². The van der Waals surface area contributed by atoms with Crippen LogP contribution in [0.2, 0.25) is 0 Å². The van der Waals surface area contributed by atoms with Crippen LogP contribution < -0.4 is 28.9 Å². The fraction of sp³-hybridized carbons (Fsp3) is 1.00. The third-order valence-electron chi connectivity index (χ3n) is 2.61. The molecule has 2 bridgehead atoms. The first-order valence-corrected chi connectivity index (χ1v) is 3.66. The van der Waals surface area contributed by atoms with Crippen LogP contribution in [0.25, 0.3) is 0 Å². The Morgan fingerprint density at radius 1 is 1.11 bits per heavy atom. The van der Waals surface area contributed by atoms with Gasteiger partial charge in [-0.05, 0) is 12.8 Å². The summed E-state index contributed by atoms with van der Waals surface area (Å²) in [6.07, 6.45) is 3.11. The Morgan fingerprint density at radius 2 is 1.56 bits per heavy atom. The van der Waals surface area contributed by atoms with E-state index >= 15 is 0 Å². The normalized spacial score (nSPS) is 47.0. The zero-order chi connectivity index (χ0) is 5.56. The van der Waals surface area contributed by atoms with E-state index in [0.717, 1.165) is 11.8 Å². The highest BCUT2D eigenvalue weighted by atomic mass is 127. The van der Waals surface area contributed by atoms with Gasteiger partial charge in [-0.2, -0.15) is 0 Å². The van der Waals surface area contributed by atoms with Crippen LogP contribution in [0.1, 0.15) is 12.8 Å². The lowest BCUT2D eigenvalue weighted by atomic mass is 9.71. The summed E-state index contributed by atoms with van der Waals surface area (Å²) in [5.41, 5.74) is 0. The third kappa shape index (κ3) is 1.40. The lowest BCUT2D eigenvalue weighted by molar-refractivity contribution is -0.900. The first-order valence-electron chi connectivity index (χ1n) is 3.66. The molecule has 0 radical (unpaired) electrons. The number of nitrogens with one attached hydrogen (secondary N) is 1. The molecule has 2 heterocycles. The lowest BCUT2D eigenvalue weighted by Gasteiger charge is -2.42. The maximum Gasteiger partial charge on any atom is 0.0797 e. The number of fused-ring (bicyclic) bond motifs is 2. The standard InChI is InChI=1S/C7H13N.HI/c1-8-4-6-2-7(3-6)5-8;/h6-7H,2-5H2,1H3;1H. The topological polar surface area (TPSA) is 4.44 Å². The minimum absolute atomic E-state index is 0. The molecule has 54 valence electrons. The Bertz CT molecular complexity index is 89.1. The van der Waals surface area contributed by atoms with Gasteiger partial charge < -0.3 is 28.9 Å². The Hall–Kier alpha value is 0.690. The minimum atomic E-state index is 0. The summed E-state index contributed by atoms with van der Waals surface area (Å²) < 4.78 is 0. The van der Waals surface area contributed by atoms with Crippen LogP contribution in [0, 0.1) is 11.8 Å². The van der Waals surface area contributed by atoms with Crippen molar-refractivity contribution in [3.8, 4) is 0 Å². The molecule has 0 amide bonds.